The number of hydrogen-bond acceptors (Lipinski definition) is 4. The number of hydrazine groups is 1. The fraction of sp³-hybridized carbons (Fsp3) is 0.714. The van der Waals surface area contributed by atoms with Crippen molar-refractivity contribution in [3.63, 3.8) is 0 Å². The van der Waals surface area contributed by atoms with E-state index in [0.717, 1.165) is 11.1 Å². The Kier molecular flexibility index (Phi) is 5.42. The van der Waals surface area contributed by atoms with Crippen molar-refractivity contribution in [2.24, 2.45) is 0 Å². The maximum absolute atomic E-state index is 12.2. The van der Waals surface area contributed by atoms with Crippen molar-refractivity contribution in [2.75, 3.05) is 13.2 Å². The lowest BCUT2D eigenvalue weighted by atomic mass is 9.96. The average Bonchev–Trinajstić information content (AvgIpc) is 2.40. The molecule has 1 aliphatic heterocycles. The summed E-state index contributed by atoms with van der Waals surface area (Å²) in [4.78, 5) is 24.3. The molecule has 114 valence electrons. The highest BCUT2D eigenvalue weighted by Gasteiger charge is 2.41. The van der Waals surface area contributed by atoms with Crippen LogP contribution in [0.1, 0.15) is 41.5 Å². The third-order valence-electron chi connectivity index (χ3n) is 3.75. The Morgan fingerprint density at radius 3 is 1.45 bits per heavy atom. The van der Waals surface area contributed by atoms with Crippen LogP contribution in [0.4, 0.5) is 9.59 Å². The van der Waals surface area contributed by atoms with Crippen LogP contribution in [0.25, 0.3) is 0 Å². The zero-order chi connectivity index (χ0) is 15.4. The van der Waals surface area contributed by atoms with Gasteiger partial charge in [0, 0.05) is 0 Å². The van der Waals surface area contributed by atoms with E-state index in [2.05, 4.69) is 0 Å². The van der Waals surface area contributed by atoms with Crippen molar-refractivity contribution in [1.29, 1.82) is 0 Å². The predicted octanol–water partition coefficient (Wildman–Crippen LogP) is 2.95. The van der Waals surface area contributed by atoms with Gasteiger partial charge in [-0.25, -0.2) is 19.6 Å². The second-order valence-electron chi connectivity index (χ2n) is 4.80. The molecule has 2 atom stereocenters. The lowest BCUT2D eigenvalue weighted by Crippen LogP contribution is -2.60. The lowest BCUT2D eigenvalue weighted by Gasteiger charge is -2.45. The Bertz CT molecular complexity index is 381. The van der Waals surface area contributed by atoms with Crippen LogP contribution in [0.2, 0.25) is 0 Å². The highest BCUT2D eigenvalue weighted by molar-refractivity contribution is 5.76. The molecule has 0 aromatic carbocycles. The smallest absolute Gasteiger partial charge is 0.429 e. The zero-order valence-electron chi connectivity index (χ0n) is 13.1. The third kappa shape index (κ3) is 2.89. The maximum Gasteiger partial charge on any atom is 0.429 e. The highest BCUT2D eigenvalue weighted by atomic mass is 16.6. The molecular weight excluding hydrogens is 260 g/mol. The van der Waals surface area contributed by atoms with Gasteiger partial charge in [0.2, 0.25) is 0 Å². The summed E-state index contributed by atoms with van der Waals surface area (Å²) >= 11 is 0. The first kappa shape index (κ1) is 16.3. The molecule has 0 saturated carbocycles. The molecule has 0 saturated heterocycles. The molecule has 0 aromatic heterocycles. The van der Waals surface area contributed by atoms with E-state index in [1.165, 1.54) is 10.0 Å². The number of amides is 2. The normalized spacial score (nSPS) is 22.9. The van der Waals surface area contributed by atoms with Gasteiger partial charge in [0.25, 0.3) is 0 Å². The van der Waals surface area contributed by atoms with E-state index in [-0.39, 0.29) is 25.3 Å². The minimum atomic E-state index is -0.535. The summed E-state index contributed by atoms with van der Waals surface area (Å²) < 4.78 is 10.1. The lowest BCUT2D eigenvalue weighted by molar-refractivity contribution is -0.0537. The molecule has 0 spiro atoms. The Morgan fingerprint density at radius 1 is 0.900 bits per heavy atom. The molecule has 20 heavy (non-hydrogen) atoms. The zero-order valence-corrected chi connectivity index (χ0v) is 13.1. The van der Waals surface area contributed by atoms with Crippen LogP contribution < -0.4 is 0 Å². The van der Waals surface area contributed by atoms with Crippen LogP contribution in [0.15, 0.2) is 11.1 Å². The SMILES string of the molecule is CCOC(=O)N1[C@H](C)C(C)=C(C)[C@H](C)N1C(=O)OCC. The molecule has 0 N–H and O–H groups in total. The van der Waals surface area contributed by atoms with Crippen molar-refractivity contribution in [3.8, 4) is 0 Å². The van der Waals surface area contributed by atoms with E-state index in [4.69, 9.17) is 9.47 Å². The summed E-state index contributed by atoms with van der Waals surface area (Å²) in [5.74, 6) is 0. The van der Waals surface area contributed by atoms with Crippen LogP contribution >= 0.6 is 0 Å². The van der Waals surface area contributed by atoms with E-state index < -0.39 is 12.2 Å². The van der Waals surface area contributed by atoms with Gasteiger partial charge in [-0.3, -0.25) is 0 Å². The molecule has 0 aromatic rings. The Morgan fingerprint density at radius 2 is 1.20 bits per heavy atom. The van der Waals surface area contributed by atoms with Crippen LogP contribution in [0.5, 0.6) is 0 Å². The van der Waals surface area contributed by atoms with Crippen LogP contribution in [0, 0.1) is 0 Å². The van der Waals surface area contributed by atoms with Gasteiger partial charge in [-0.05, 0) is 52.7 Å². The number of nitrogens with zero attached hydrogens (tertiary/aromatic N) is 2. The number of hydrogen-bond donors (Lipinski definition) is 0. The van der Waals surface area contributed by atoms with Crippen LogP contribution in [-0.2, 0) is 9.47 Å². The number of rotatable bonds is 2. The molecule has 6 nitrogen and oxygen atoms in total. The molecule has 0 bridgehead atoms. The molecule has 0 radical (unpaired) electrons. The number of carbonyl (C=O) groups is 2. The van der Waals surface area contributed by atoms with Gasteiger partial charge in [0.15, 0.2) is 0 Å². The summed E-state index contributed by atoms with van der Waals surface area (Å²) in [6.07, 6.45) is -1.07. The van der Waals surface area contributed by atoms with Gasteiger partial charge in [0.05, 0.1) is 25.3 Å². The fourth-order valence-electron chi connectivity index (χ4n) is 2.27. The molecule has 0 fully saturated rings. The van der Waals surface area contributed by atoms with E-state index >= 15 is 0 Å². The summed E-state index contributed by atoms with van der Waals surface area (Å²) in [6.45, 7) is 11.7. The van der Waals surface area contributed by atoms with E-state index in [0.29, 0.717) is 0 Å². The van der Waals surface area contributed by atoms with Crippen LogP contribution in [-0.4, -0.2) is 47.5 Å². The fourth-order valence-corrected chi connectivity index (χ4v) is 2.27. The Labute approximate surface area is 120 Å². The molecule has 1 aliphatic rings. The Hall–Kier alpha value is -1.72. The first-order chi connectivity index (χ1) is 9.36. The second kappa shape index (κ2) is 6.63. The van der Waals surface area contributed by atoms with Gasteiger partial charge >= 0.3 is 12.2 Å². The molecule has 0 unspecified atom stereocenters. The monoisotopic (exact) mass is 284 g/mol. The summed E-state index contributed by atoms with van der Waals surface area (Å²) in [7, 11) is 0. The maximum atomic E-state index is 12.2. The predicted molar refractivity (Wildman–Crippen MR) is 75.0 cm³/mol. The summed E-state index contributed by atoms with van der Waals surface area (Å²) in [5.41, 5.74) is 2.12. The molecule has 1 rings (SSSR count). The quantitative estimate of drug-likeness (QED) is 0.731. The van der Waals surface area contributed by atoms with E-state index in [1.54, 1.807) is 13.8 Å². The Balaban J connectivity index is 3.19. The van der Waals surface area contributed by atoms with E-state index in [1.807, 2.05) is 27.7 Å². The van der Waals surface area contributed by atoms with Gasteiger partial charge in [-0.2, -0.15) is 0 Å². The minimum absolute atomic E-state index is 0.241. The largest absolute Gasteiger partial charge is 0.448 e. The van der Waals surface area contributed by atoms with Gasteiger partial charge in [-0.1, -0.05) is 0 Å². The summed E-state index contributed by atoms with van der Waals surface area (Å²) in [6, 6.07) is -0.482. The first-order valence-electron chi connectivity index (χ1n) is 6.95. The van der Waals surface area contributed by atoms with Crippen molar-refractivity contribution < 1.29 is 19.1 Å². The van der Waals surface area contributed by atoms with Crippen LogP contribution in [0.3, 0.4) is 0 Å². The molecular formula is C14H24N2O4. The second-order valence-corrected chi connectivity index (χ2v) is 4.80. The third-order valence-corrected chi connectivity index (χ3v) is 3.75. The average molecular weight is 284 g/mol. The first-order valence-corrected chi connectivity index (χ1v) is 6.95. The molecule has 6 heteroatoms. The van der Waals surface area contributed by atoms with Crippen molar-refractivity contribution in [2.45, 2.75) is 53.6 Å². The molecule has 0 aliphatic carbocycles. The number of ether oxygens (including phenoxy) is 2. The standard InChI is InChI=1S/C14H24N2O4/c1-7-19-13(17)15-11(5)9(3)10(4)12(6)16(15)14(18)20-8-2/h11-12H,7-8H2,1-6H3/t11-,12+. The summed E-state index contributed by atoms with van der Waals surface area (Å²) in [5, 5.41) is 2.68. The van der Waals surface area contributed by atoms with Gasteiger partial charge in [0.1, 0.15) is 0 Å². The van der Waals surface area contributed by atoms with Gasteiger partial charge in [-0.15, -0.1) is 0 Å². The number of carbonyl (C=O) groups excluding carboxylic acids is 2. The topological polar surface area (TPSA) is 59.1 Å². The highest BCUT2D eigenvalue weighted by Crippen LogP contribution is 2.29. The van der Waals surface area contributed by atoms with Gasteiger partial charge < -0.3 is 9.47 Å². The van der Waals surface area contributed by atoms with Crippen molar-refractivity contribution in [3.05, 3.63) is 11.1 Å². The molecule has 1 heterocycles. The van der Waals surface area contributed by atoms with Crippen molar-refractivity contribution in [1.82, 2.24) is 10.0 Å². The minimum Gasteiger partial charge on any atom is -0.448 e. The van der Waals surface area contributed by atoms with Crippen molar-refractivity contribution >= 4 is 12.2 Å². The molecule has 2 amide bonds. The van der Waals surface area contributed by atoms with E-state index in [9.17, 15) is 9.59 Å².